The zero-order valence-electron chi connectivity index (χ0n) is 8.20. The number of nitrogens with one attached hydrogen (secondary N) is 1. The number of benzene rings is 1. The van der Waals surface area contributed by atoms with Crippen molar-refractivity contribution in [2.24, 2.45) is 0 Å². The lowest BCUT2D eigenvalue weighted by molar-refractivity contribution is 0.600. The summed E-state index contributed by atoms with van der Waals surface area (Å²) in [5.74, 6) is 0. The first-order chi connectivity index (χ1) is 7.40. The zero-order chi connectivity index (χ0) is 11.9. The minimum Gasteiger partial charge on any atom is -0.397 e. The fourth-order valence-electron chi connectivity index (χ4n) is 1.31. The van der Waals surface area contributed by atoms with Gasteiger partial charge in [-0.1, -0.05) is 15.9 Å². The van der Waals surface area contributed by atoms with Crippen LogP contribution in [0, 0.1) is 0 Å². The standard InChI is InChI=1S/C9H10Br2N2O2S/c10-5-3-7(11)9(8(12)4-5)13-16(14,15)6-1-2-6/h3-4,6,13H,1-2,12H2. The third-order valence-corrected chi connectivity index (χ3v) is 5.21. The van der Waals surface area contributed by atoms with Crippen molar-refractivity contribution in [2.45, 2.75) is 18.1 Å². The molecule has 4 nitrogen and oxygen atoms in total. The second-order valence-corrected chi connectivity index (χ2v) is 7.43. The first kappa shape index (κ1) is 12.2. The highest BCUT2D eigenvalue weighted by Gasteiger charge is 2.36. The summed E-state index contributed by atoms with van der Waals surface area (Å²) in [5, 5.41) is -0.262. The van der Waals surface area contributed by atoms with E-state index in [0.717, 1.165) is 17.3 Å². The van der Waals surface area contributed by atoms with Gasteiger partial charge in [-0.3, -0.25) is 4.72 Å². The van der Waals surface area contributed by atoms with E-state index in [0.29, 0.717) is 15.8 Å². The lowest BCUT2D eigenvalue weighted by Gasteiger charge is -2.12. The van der Waals surface area contributed by atoms with Gasteiger partial charge >= 0.3 is 0 Å². The van der Waals surface area contributed by atoms with Crippen LogP contribution in [-0.2, 0) is 10.0 Å². The Balaban J connectivity index is 2.34. The summed E-state index contributed by atoms with van der Waals surface area (Å²) in [5.41, 5.74) is 6.57. The second-order valence-electron chi connectivity index (χ2n) is 3.70. The summed E-state index contributed by atoms with van der Waals surface area (Å²) in [6.45, 7) is 0. The Hall–Kier alpha value is -0.270. The van der Waals surface area contributed by atoms with Gasteiger partial charge in [0.15, 0.2) is 0 Å². The van der Waals surface area contributed by atoms with Crippen LogP contribution in [0.5, 0.6) is 0 Å². The van der Waals surface area contributed by atoms with Gasteiger partial charge in [0.1, 0.15) is 0 Å². The summed E-state index contributed by atoms with van der Waals surface area (Å²) in [6.07, 6.45) is 1.45. The molecule has 88 valence electrons. The van der Waals surface area contributed by atoms with Crippen LogP contribution < -0.4 is 10.5 Å². The maximum atomic E-state index is 11.8. The zero-order valence-corrected chi connectivity index (χ0v) is 12.2. The Labute approximate surface area is 111 Å². The molecular weight excluding hydrogens is 360 g/mol. The molecule has 0 saturated heterocycles. The SMILES string of the molecule is Nc1cc(Br)cc(Br)c1NS(=O)(=O)C1CC1. The van der Waals surface area contributed by atoms with Crippen molar-refractivity contribution in [3.05, 3.63) is 21.1 Å². The molecule has 0 atom stereocenters. The molecule has 0 aliphatic heterocycles. The van der Waals surface area contributed by atoms with E-state index in [9.17, 15) is 8.42 Å². The molecule has 0 radical (unpaired) electrons. The Morgan fingerprint density at radius 3 is 2.44 bits per heavy atom. The van der Waals surface area contributed by atoms with Crippen molar-refractivity contribution in [1.29, 1.82) is 0 Å². The molecule has 1 aromatic carbocycles. The molecule has 0 aromatic heterocycles. The van der Waals surface area contributed by atoms with Gasteiger partial charge in [-0.2, -0.15) is 0 Å². The average Bonchev–Trinajstić information content (AvgIpc) is 2.94. The van der Waals surface area contributed by atoms with E-state index in [1.54, 1.807) is 12.1 Å². The van der Waals surface area contributed by atoms with Crippen LogP contribution >= 0.6 is 31.9 Å². The molecule has 3 N–H and O–H groups in total. The molecule has 0 spiro atoms. The monoisotopic (exact) mass is 368 g/mol. The number of hydrogen-bond donors (Lipinski definition) is 2. The second kappa shape index (κ2) is 4.19. The predicted octanol–water partition coefficient (Wildman–Crippen LogP) is 2.70. The summed E-state index contributed by atoms with van der Waals surface area (Å²) in [7, 11) is -3.27. The summed E-state index contributed by atoms with van der Waals surface area (Å²) in [6, 6.07) is 3.41. The number of sulfonamides is 1. The topological polar surface area (TPSA) is 72.2 Å². The molecule has 0 heterocycles. The minimum absolute atomic E-state index is 0.262. The van der Waals surface area contributed by atoms with Gasteiger partial charge in [-0.15, -0.1) is 0 Å². The van der Waals surface area contributed by atoms with Crippen LogP contribution in [0.15, 0.2) is 21.1 Å². The van der Waals surface area contributed by atoms with Crippen LogP contribution in [0.4, 0.5) is 11.4 Å². The molecule has 16 heavy (non-hydrogen) atoms. The van der Waals surface area contributed by atoms with E-state index in [4.69, 9.17) is 5.73 Å². The molecule has 1 aromatic rings. The molecule has 2 rings (SSSR count). The van der Waals surface area contributed by atoms with Crippen LogP contribution in [0.1, 0.15) is 12.8 Å². The van der Waals surface area contributed by atoms with Crippen molar-refractivity contribution < 1.29 is 8.42 Å². The summed E-state index contributed by atoms with van der Waals surface area (Å²) >= 11 is 6.56. The van der Waals surface area contributed by atoms with Crippen molar-refractivity contribution in [3.63, 3.8) is 0 Å². The first-order valence-corrected chi connectivity index (χ1v) is 7.79. The van der Waals surface area contributed by atoms with E-state index in [2.05, 4.69) is 36.6 Å². The number of nitrogen functional groups attached to an aromatic ring is 1. The highest BCUT2D eigenvalue weighted by Crippen LogP contribution is 2.36. The molecule has 1 aliphatic rings. The van der Waals surface area contributed by atoms with Gasteiger partial charge in [0.05, 0.1) is 16.6 Å². The van der Waals surface area contributed by atoms with E-state index < -0.39 is 10.0 Å². The van der Waals surface area contributed by atoms with E-state index in [-0.39, 0.29) is 5.25 Å². The Bertz CT molecular complexity index is 503. The number of rotatable bonds is 3. The Morgan fingerprint density at radius 1 is 1.31 bits per heavy atom. The van der Waals surface area contributed by atoms with Gasteiger partial charge in [0, 0.05) is 8.95 Å². The lowest BCUT2D eigenvalue weighted by atomic mass is 10.3. The third kappa shape index (κ3) is 2.52. The van der Waals surface area contributed by atoms with E-state index >= 15 is 0 Å². The minimum atomic E-state index is -3.27. The molecular formula is C9H10Br2N2O2S. The van der Waals surface area contributed by atoms with Gasteiger partial charge in [-0.05, 0) is 40.9 Å². The molecule has 0 amide bonds. The van der Waals surface area contributed by atoms with Crippen LogP contribution in [-0.4, -0.2) is 13.7 Å². The fraction of sp³-hybridized carbons (Fsp3) is 0.333. The molecule has 0 bridgehead atoms. The fourth-order valence-corrected chi connectivity index (χ4v) is 4.23. The smallest absolute Gasteiger partial charge is 0.235 e. The van der Waals surface area contributed by atoms with Gasteiger partial charge < -0.3 is 5.73 Å². The molecule has 1 fully saturated rings. The Morgan fingerprint density at radius 2 is 1.94 bits per heavy atom. The predicted molar refractivity (Wildman–Crippen MR) is 71.8 cm³/mol. The van der Waals surface area contributed by atoms with Crippen molar-refractivity contribution >= 4 is 53.3 Å². The molecule has 1 saturated carbocycles. The maximum Gasteiger partial charge on any atom is 0.235 e. The number of anilines is 2. The average molecular weight is 370 g/mol. The molecule has 7 heteroatoms. The quantitative estimate of drug-likeness (QED) is 0.804. The van der Waals surface area contributed by atoms with E-state index in [1.165, 1.54) is 0 Å². The number of halogens is 2. The van der Waals surface area contributed by atoms with Gasteiger partial charge in [0.2, 0.25) is 10.0 Å². The van der Waals surface area contributed by atoms with Crippen LogP contribution in [0.3, 0.4) is 0 Å². The largest absolute Gasteiger partial charge is 0.397 e. The van der Waals surface area contributed by atoms with Crippen LogP contribution in [0.25, 0.3) is 0 Å². The first-order valence-electron chi connectivity index (χ1n) is 4.66. The summed E-state index contributed by atoms with van der Waals surface area (Å²) in [4.78, 5) is 0. The Kier molecular flexibility index (Phi) is 3.20. The maximum absolute atomic E-state index is 11.8. The third-order valence-electron chi connectivity index (χ3n) is 2.29. The number of nitrogens with two attached hydrogens (primary N) is 1. The van der Waals surface area contributed by atoms with Crippen molar-refractivity contribution in [3.8, 4) is 0 Å². The number of hydrogen-bond acceptors (Lipinski definition) is 3. The van der Waals surface area contributed by atoms with Gasteiger partial charge in [0.25, 0.3) is 0 Å². The normalized spacial score (nSPS) is 16.1. The molecule has 1 aliphatic carbocycles. The van der Waals surface area contributed by atoms with E-state index in [1.807, 2.05) is 0 Å². The highest BCUT2D eigenvalue weighted by atomic mass is 79.9. The molecule has 0 unspecified atom stereocenters. The van der Waals surface area contributed by atoms with Crippen molar-refractivity contribution in [2.75, 3.05) is 10.5 Å². The van der Waals surface area contributed by atoms with Gasteiger partial charge in [-0.25, -0.2) is 8.42 Å². The highest BCUT2D eigenvalue weighted by molar-refractivity contribution is 9.11. The summed E-state index contributed by atoms with van der Waals surface area (Å²) < 4.78 is 27.5. The lowest BCUT2D eigenvalue weighted by Crippen LogP contribution is -2.18. The van der Waals surface area contributed by atoms with Crippen molar-refractivity contribution in [1.82, 2.24) is 0 Å². The van der Waals surface area contributed by atoms with Crippen LogP contribution in [0.2, 0.25) is 0 Å².